The molecular weight excluding hydrogens is 380 g/mol. The number of carbonyl (C=O) groups excluding carboxylic acids is 3. The molecule has 1 atom stereocenters. The van der Waals surface area contributed by atoms with Gasteiger partial charge in [0, 0.05) is 31.1 Å². The van der Waals surface area contributed by atoms with Crippen LogP contribution in [0.2, 0.25) is 5.02 Å². The monoisotopic (exact) mass is 406 g/mol. The minimum Gasteiger partial charge on any atom is -0.466 e. The Kier molecular flexibility index (Phi) is 6.60. The molecule has 0 spiro atoms. The highest BCUT2D eigenvalue weighted by atomic mass is 35.5. The highest BCUT2D eigenvalue weighted by Gasteiger charge is 2.45. The number of likely N-dealkylation sites (tertiary alicyclic amines) is 2. The van der Waals surface area contributed by atoms with Crippen molar-refractivity contribution in [2.24, 2.45) is 5.41 Å². The van der Waals surface area contributed by atoms with Crippen LogP contribution < -0.4 is 0 Å². The van der Waals surface area contributed by atoms with Gasteiger partial charge in [-0.15, -0.1) is 0 Å². The van der Waals surface area contributed by atoms with E-state index in [1.165, 1.54) is 0 Å². The van der Waals surface area contributed by atoms with Gasteiger partial charge in [0.15, 0.2) is 0 Å². The summed E-state index contributed by atoms with van der Waals surface area (Å²) in [6.07, 6.45) is 3.16. The number of esters is 1. The quantitative estimate of drug-likeness (QED) is 0.681. The van der Waals surface area contributed by atoms with Gasteiger partial charge in [0.25, 0.3) is 0 Å². The molecule has 6 nitrogen and oxygen atoms in total. The van der Waals surface area contributed by atoms with Crippen LogP contribution in [0, 0.1) is 5.41 Å². The first-order valence-electron chi connectivity index (χ1n) is 9.91. The smallest absolute Gasteiger partial charge is 0.314 e. The summed E-state index contributed by atoms with van der Waals surface area (Å²) in [6.45, 7) is 3.71. The number of nitrogens with zero attached hydrogens (tertiary/aromatic N) is 2. The van der Waals surface area contributed by atoms with E-state index in [1.54, 1.807) is 22.8 Å². The maximum absolute atomic E-state index is 12.9. The van der Waals surface area contributed by atoms with E-state index >= 15 is 0 Å². The number of ether oxygens (including phenoxy) is 1. The van der Waals surface area contributed by atoms with Crippen molar-refractivity contribution in [1.82, 2.24) is 9.80 Å². The van der Waals surface area contributed by atoms with Gasteiger partial charge in [-0.1, -0.05) is 23.7 Å². The first-order chi connectivity index (χ1) is 13.4. The maximum atomic E-state index is 12.9. The Morgan fingerprint density at radius 2 is 2.07 bits per heavy atom. The second kappa shape index (κ2) is 8.95. The van der Waals surface area contributed by atoms with Crippen LogP contribution in [0.15, 0.2) is 24.3 Å². The minimum absolute atomic E-state index is 0.0287. The second-order valence-electron chi connectivity index (χ2n) is 7.65. The van der Waals surface area contributed by atoms with E-state index in [2.05, 4.69) is 0 Å². The number of benzene rings is 1. The second-order valence-corrected chi connectivity index (χ2v) is 8.08. The zero-order valence-corrected chi connectivity index (χ0v) is 17.0. The normalized spacial score (nSPS) is 22.4. The van der Waals surface area contributed by atoms with Crippen LogP contribution in [0.4, 0.5) is 0 Å². The molecule has 2 aliphatic rings. The SMILES string of the molecule is CCOC(=O)C1(Cc2cccc(Cl)c2)CCCN(C(=O)CN2CCCC2=O)C1. The molecule has 0 aromatic heterocycles. The van der Waals surface area contributed by atoms with E-state index in [1.807, 2.05) is 18.2 Å². The van der Waals surface area contributed by atoms with Gasteiger partial charge < -0.3 is 14.5 Å². The van der Waals surface area contributed by atoms with Gasteiger partial charge in [0.2, 0.25) is 11.8 Å². The van der Waals surface area contributed by atoms with Crippen molar-refractivity contribution >= 4 is 29.4 Å². The standard InChI is InChI=1S/C21H27ClN2O4/c1-2-28-20(27)21(13-16-6-3-7-17(22)12-16)9-5-11-24(15-21)19(26)14-23-10-4-8-18(23)25/h3,6-7,12H,2,4-5,8-11,13-15H2,1H3. The molecule has 2 fully saturated rings. The largest absolute Gasteiger partial charge is 0.466 e. The molecule has 0 saturated carbocycles. The molecule has 152 valence electrons. The Hall–Kier alpha value is -2.08. The predicted molar refractivity (Wildman–Crippen MR) is 106 cm³/mol. The first-order valence-corrected chi connectivity index (χ1v) is 10.3. The van der Waals surface area contributed by atoms with Gasteiger partial charge in [-0.3, -0.25) is 14.4 Å². The Balaban J connectivity index is 1.77. The molecule has 28 heavy (non-hydrogen) atoms. The van der Waals surface area contributed by atoms with Crippen LogP contribution in [-0.2, 0) is 25.5 Å². The summed E-state index contributed by atoms with van der Waals surface area (Å²) in [4.78, 5) is 40.9. The van der Waals surface area contributed by atoms with Gasteiger partial charge in [-0.05, 0) is 50.3 Å². The molecule has 0 bridgehead atoms. The van der Waals surface area contributed by atoms with Crippen molar-refractivity contribution in [3.8, 4) is 0 Å². The summed E-state index contributed by atoms with van der Waals surface area (Å²) >= 11 is 6.12. The number of halogens is 1. The van der Waals surface area contributed by atoms with Crippen molar-refractivity contribution < 1.29 is 19.1 Å². The van der Waals surface area contributed by atoms with Gasteiger partial charge in [0.05, 0.1) is 18.6 Å². The van der Waals surface area contributed by atoms with Crippen LogP contribution in [0.3, 0.4) is 0 Å². The van der Waals surface area contributed by atoms with E-state index in [9.17, 15) is 14.4 Å². The number of hydrogen-bond donors (Lipinski definition) is 0. The average molecular weight is 407 g/mol. The summed E-state index contributed by atoms with van der Waals surface area (Å²) in [7, 11) is 0. The van der Waals surface area contributed by atoms with Crippen LogP contribution >= 0.6 is 11.6 Å². The van der Waals surface area contributed by atoms with Gasteiger partial charge in [0.1, 0.15) is 0 Å². The molecule has 1 aromatic carbocycles. The number of rotatable bonds is 6. The summed E-state index contributed by atoms with van der Waals surface area (Å²) in [5.41, 5.74) is 0.161. The number of amides is 2. The van der Waals surface area contributed by atoms with E-state index in [0.717, 1.165) is 18.4 Å². The topological polar surface area (TPSA) is 66.9 Å². The molecule has 7 heteroatoms. The third kappa shape index (κ3) is 4.66. The molecule has 2 heterocycles. The fourth-order valence-corrected chi connectivity index (χ4v) is 4.40. The summed E-state index contributed by atoms with van der Waals surface area (Å²) in [6, 6.07) is 7.45. The Morgan fingerprint density at radius 3 is 2.75 bits per heavy atom. The molecule has 2 saturated heterocycles. The van der Waals surface area contributed by atoms with E-state index in [-0.39, 0.29) is 24.3 Å². The lowest BCUT2D eigenvalue weighted by atomic mass is 9.75. The average Bonchev–Trinajstić information content (AvgIpc) is 3.06. The maximum Gasteiger partial charge on any atom is 0.314 e. The van der Waals surface area contributed by atoms with Crippen LogP contribution in [0.1, 0.15) is 38.2 Å². The molecule has 2 aliphatic heterocycles. The molecule has 1 aromatic rings. The summed E-state index contributed by atoms with van der Waals surface area (Å²) in [5.74, 6) is -0.347. The zero-order valence-electron chi connectivity index (χ0n) is 16.3. The predicted octanol–water partition coefficient (Wildman–Crippen LogP) is 2.68. The van der Waals surface area contributed by atoms with Gasteiger partial charge >= 0.3 is 5.97 Å². The molecule has 0 aliphatic carbocycles. The Morgan fingerprint density at radius 1 is 1.25 bits per heavy atom. The lowest BCUT2D eigenvalue weighted by Gasteiger charge is -2.41. The van der Waals surface area contributed by atoms with Gasteiger partial charge in [-0.25, -0.2) is 0 Å². The zero-order chi connectivity index (χ0) is 20.1. The number of piperidine rings is 1. The van der Waals surface area contributed by atoms with Crippen LogP contribution in [-0.4, -0.2) is 60.4 Å². The van der Waals surface area contributed by atoms with Crippen molar-refractivity contribution in [2.45, 2.75) is 39.0 Å². The van der Waals surface area contributed by atoms with E-state index in [0.29, 0.717) is 50.5 Å². The van der Waals surface area contributed by atoms with E-state index < -0.39 is 5.41 Å². The summed E-state index contributed by atoms with van der Waals surface area (Å²) < 4.78 is 5.39. The van der Waals surface area contributed by atoms with Gasteiger partial charge in [-0.2, -0.15) is 0 Å². The van der Waals surface area contributed by atoms with Crippen molar-refractivity contribution in [3.05, 3.63) is 34.9 Å². The third-order valence-electron chi connectivity index (χ3n) is 5.57. The van der Waals surface area contributed by atoms with Crippen LogP contribution in [0.25, 0.3) is 0 Å². The molecule has 3 rings (SSSR count). The van der Waals surface area contributed by atoms with Crippen molar-refractivity contribution in [2.75, 3.05) is 32.8 Å². The Labute approximate surface area is 170 Å². The number of hydrogen-bond acceptors (Lipinski definition) is 4. The first kappa shape index (κ1) is 20.6. The fraction of sp³-hybridized carbons (Fsp3) is 0.571. The lowest BCUT2D eigenvalue weighted by molar-refractivity contribution is -0.161. The number of carbonyl (C=O) groups is 3. The highest BCUT2D eigenvalue weighted by Crippen LogP contribution is 2.36. The molecule has 2 amide bonds. The fourth-order valence-electron chi connectivity index (χ4n) is 4.18. The lowest BCUT2D eigenvalue weighted by Crippen LogP contribution is -2.53. The molecule has 0 radical (unpaired) electrons. The summed E-state index contributed by atoms with van der Waals surface area (Å²) in [5, 5.41) is 0.618. The highest BCUT2D eigenvalue weighted by molar-refractivity contribution is 6.30. The molecule has 0 N–H and O–H groups in total. The Bertz CT molecular complexity index is 754. The van der Waals surface area contributed by atoms with Crippen LogP contribution in [0.5, 0.6) is 0 Å². The molecule has 1 unspecified atom stereocenters. The minimum atomic E-state index is -0.788. The van der Waals surface area contributed by atoms with Crippen molar-refractivity contribution in [1.29, 1.82) is 0 Å². The van der Waals surface area contributed by atoms with E-state index in [4.69, 9.17) is 16.3 Å². The van der Waals surface area contributed by atoms with Crippen molar-refractivity contribution in [3.63, 3.8) is 0 Å². The molecular formula is C21H27ClN2O4. The third-order valence-corrected chi connectivity index (χ3v) is 5.80.